The molecule has 0 unspecified atom stereocenters. The number of nitrogens with zero attached hydrogens (tertiary/aromatic N) is 2. The van der Waals surface area contributed by atoms with Crippen LogP contribution in [0.5, 0.6) is 0 Å². The van der Waals surface area contributed by atoms with E-state index in [1.807, 2.05) is 0 Å². The van der Waals surface area contributed by atoms with Crippen LogP contribution in [0.2, 0.25) is 0 Å². The van der Waals surface area contributed by atoms with Gasteiger partial charge >= 0.3 is 5.97 Å². The molecule has 0 spiro atoms. The molecule has 2 aromatic rings. The van der Waals surface area contributed by atoms with Gasteiger partial charge in [-0.1, -0.05) is 0 Å². The number of hydrogen-bond acceptors (Lipinski definition) is 5. The topological polar surface area (TPSA) is 97.0 Å². The number of benzene rings is 1. The number of carbonyl (C=O) groups is 2. The van der Waals surface area contributed by atoms with Crippen molar-refractivity contribution in [1.82, 2.24) is 15.2 Å². The summed E-state index contributed by atoms with van der Waals surface area (Å²) in [5.74, 6) is -0.714. The summed E-state index contributed by atoms with van der Waals surface area (Å²) < 4.78 is 4.57. The van der Waals surface area contributed by atoms with Crippen LogP contribution >= 0.6 is 0 Å². The van der Waals surface area contributed by atoms with Crippen LogP contribution in [-0.4, -0.2) is 34.2 Å². The molecule has 0 radical (unpaired) electrons. The lowest BCUT2D eigenvalue weighted by Gasteiger charge is -2.04. The maximum atomic E-state index is 11.6. The van der Waals surface area contributed by atoms with Crippen LogP contribution in [0.4, 0.5) is 5.69 Å². The van der Waals surface area contributed by atoms with Crippen molar-refractivity contribution in [2.75, 3.05) is 12.4 Å². The zero-order valence-corrected chi connectivity index (χ0v) is 9.51. The first-order chi connectivity index (χ1) is 8.70. The van der Waals surface area contributed by atoms with Crippen LogP contribution in [0.3, 0.4) is 0 Å². The number of hydrogen-bond donors (Lipinski definition) is 2. The molecule has 1 heterocycles. The molecular weight excluding hydrogens is 236 g/mol. The molecule has 7 heteroatoms. The van der Waals surface area contributed by atoms with Gasteiger partial charge in [0.15, 0.2) is 0 Å². The van der Waals surface area contributed by atoms with Crippen molar-refractivity contribution in [2.24, 2.45) is 0 Å². The number of rotatable bonds is 3. The Morgan fingerprint density at radius 1 is 1.28 bits per heavy atom. The molecule has 2 rings (SSSR count). The molecule has 0 saturated heterocycles. The van der Waals surface area contributed by atoms with Crippen molar-refractivity contribution >= 4 is 17.6 Å². The number of aromatic nitrogens is 3. The summed E-state index contributed by atoms with van der Waals surface area (Å²) in [5.41, 5.74) is 0.958. The van der Waals surface area contributed by atoms with Crippen molar-refractivity contribution in [3.63, 3.8) is 0 Å². The lowest BCUT2D eigenvalue weighted by Crippen LogP contribution is -2.13. The van der Waals surface area contributed by atoms with Crippen LogP contribution in [0.15, 0.2) is 30.6 Å². The molecule has 1 aromatic carbocycles. The van der Waals surface area contributed by atoms with Crippen LogP contribution < -0.4 is 5.32 Å². The zero-order chi connectivity index (χ0) is 13.0. The van der Waals surface area contributed by atoms with Gasteiger partial charge in [-0.3, -0.25) is 9.89 Å². The third kappa shape index (κ3) is 2.51. The molecule has 0 bridgehead atoms. The molecule has 0 aliphatic heterocycles. The van der Waals surface area contributed by atoms with Gasteiger partial charge in [-0.05, 0) is 24.3 Å². The Hall–Kier alpha value is -2.70. The van der Waals surface area contributed by atoms with Crippen LogP contribution in [-0.2, 0) is 4.74 Å². The second kappa shape index (κ2) is 5.09. The number of H-pyrrole nitrogens is 1. The van der Waals surface area contributed by atoms with E-state index in [4.69, 9.17) is 0 Å². The van der Waals surface area contributed by atoms with E-state index >= 15 is 0 Å². The lowest BCUT2D eigenvalue weighted by molar-refractivity contribution is 0.0600. The normalized spacial score (nSPS) is 9.83. The Balaban J connectivity index is 2.07. The summed E-state index contributed by atoms with van der Waals surface area (Å²) in [7, 11) is 1.31. The standard InChI is InChI=1S/C11H10N4O3/c1-18-11(17)7-2-4-8(5-3-7)14-10(16)9-12-6-13-15-9/h2-6H,1H3,(H,14,16)(H,12,13,15). The van der Waals surface area contributed by atoms with Gasteiger partial charge in [-0.25, -0.2) is 9.78 Å². The molecule has 0 fully saturated rings. The smallest absolute Gasteiger partial charge is 0.337 e. The van der Waals surface area contributed by atoms with Gasteiger partial charge in [0.25, 0.3) is 5.91 Å². The number of amides is 1. The van der Waals surface area contributed by atoms with Crippen molar-refractivity contribution < 1.29 is 14.3 Å². The molecule has 1 amide bonds. The summed E-state index contributed by atoms with van der Waals surface area (Å²) in [6.07, 6.45) is 1.25. The van der Waals surface area contributed by atoms with Gasteiger partial charge < -0.3 is 10.1 Å². The predicted octanol–water partition coefficient (Wildman–Crippen LogP) is 0.844. The van der Waals surface area contributed by atoms with Crippen molar-refractivity contribution in [2.45, 2.75) is 0 Å². The van der Waals surface area contributed by atoms with Gasteiger partial charge in [0.05, 0.1) is 12.7 Å². The minimum absolute atomic E-state index is 0.118. The summed E-state index contributed by atoms with van der Waals surface area (Å²) in [4.78, 5) is 26.5. The maximum Gasteiger partial charge on any atom is 0.337 e. The molecule has 7 nitrogen and oxygen atoms in total. The Morgan fingerprint density at radius 2 is 2.00 bits per heavy atom. The summed E-state index contributed by atoms with van der Waals surface area (Å²) >= 11 is 0. The molecule has 0 saturated carbocycles. The van der Waals surface area contributed by atoms with E-state index in [-0.39, 0.29) is 5.82 Å². The van der Waals surface area contributed by atoms with Gasteiger partial charge in [0.1, 0.15) is 6.33 Å². The second-order valence-electron chi connectivity index (χ2n) is 3.36. The highest BCUT2D eigenvalue weighted by molar-refractivity contribution is 6.01. The first kappa shape index (κ1) is 11.8. The number of aromatic amines is 1. The van der Waals surface area contributed by atoms with E-state index in [9.17, 15) is 9.59 Å². The predicted molar refractivity (Wildman–Crippen MR) is 62.1 cm³/mol. The highest BCUT2D eigenvalue weighted by Crippen LogP contribution is 2.11. The molecule has 92 valence electrons. The molecule has 1 aromatic heterocycles. The number of nitrogens with one attached hydrogen (secondary N) is 2. The first-order valence-electron chi connectivity index (χ1n) is 5.06. The number of methoxy groups -OCH3 is 1. The summed E-state index contributed by atoms with van der Waals surface area (Å²) in [6, 6.07) is 6.31. The molecule has 0 aliphatic rings. The first-order valence-corrected chi connectivity index (χ1v) is 5.06. The Kier molecular flexibility index (Phi) is 3.33. The van der Waals surface area contributed by atoms with Crippen LogP contribution in [0.25, 0.3) is 0 Å². The quantitative estimate of drug-likeness (QED) is 0.782. The van der Waals surface area contributed by atoms with Crippen molar-refractivity contribution in [1.29, 1.82) is 0 Å². The molecular formula is C11H10N4O3. The van der Waals surface area contributed by atoms with Gasteiger partial charge in [0, 0.05) is 5.69 Å². The number of carbonyl (C=O) groups excluding carboxylic acids is 2. The highest BCUT2D eigenvalue weighted by Gasteiger charge is 2.09. The number of esters is 1. The van der Waals surface area contributed by atoms with E-state index < -0.39 is 11.9 Å². The lowest BCUT2D eigenvalue weighted by atomic mass is 10.2. The largest absolute Gasteiger partial charge is 0.465 e. The van der Waals surface area contributed by atoms with E-state index in [1.54, 1.807) is 24.3 Å². The average molecular weight is 246 g/mol. The second-order valence-corrected chi connectivity index (χ2v) is 3.36. The van der Waals surface area contributed by atoms with Gasteiger partial charge in [0.2, 0.25) is 5.82 Å². The van der Waals surface area contributed by atoms with E-state index in [0.29, 0.717) is 11.3 Å². The third-order valence-corrected chi connectivity index (χ3v) is 2.19. The minimum Gasteiger partial charge on any atom is -0.465 e. The average Bonchev–Trinajstić information content (AvgIpc) is 2.92. The Morgan fingerprint density at radius 3 is 2.56 bits per heavy atom. The fourth-order valence-corrected chi connectivity index (χ4v) is 1.31. The fraction of sp³-hybridized carbons (Fsp3) is 0.0909. The number of ether oxygens (including phenoxy) is 1. The van der Waals surface area contributed by atoms with Crippen LogP contribution in [0.1, 0.15) is 21.0 Å². The Labute approximate surface area is 102 Å². The Bertz CT molecular complexity index is 548. The SMILES string of the molecule is COC(=O)c1ccc(NC(=O)c2ncn[nH]2)cc1. The molecule has 0 aliphatic carbocycles. The van der Waals surface area contributed by atoms with Gasteiger partial charge in [-0.2, -0.15) is 5.10 Å². The number of anilines is 1. The van der Waals surface area contributed by atoms with Crippen LogP contribution in [0, 0.1) is 0 Å². The summed E-state index contributed by atoms with van der Waals surface area (Å²) in [5, 5.41) is 8.63. The molecule has 2 N–H and O–H groups in total. The highest BCUT2D eigenvalue weighted by atomic mass is 16.5. The molecule has 0 atom stereocenters. The van der Waals surface area contributed by atoms with E-state index in [0.717, 1.165) is 0 Å². The van der Waals surface area contributed by atoms with Gasteiger partial charge in [-0.15, -0.1) is 0 Å². The monoisotopic (exact) mass is 246 g/mol. The zero-order valence-electron chi connectivity index (χ0n) is 9.51. The molecule has 18 heavy (non-hydrogen) atoms. The van der Waals surface area contributed by atoms with Crippen molar-refractivity contribution in [3.05, 3.63) is 42.0 Å². The third-order valence-electron chi connectivity index (χ3n) is 2.19. The maximum absolute atomic E-state index is 11.6. The van der Waals surface area contributed by atoms with E-state index in [1.165, 1.54) is 13.4 Å². The van der Waals surface area contributed by atoms with Crippen molar-refractivity contribution in [3.8, 4) is 0 Å². The minimum atomic E-state index is -0.428. The fourth-order valence-electron chi connectivity index (χ4n) is 1.31. The summed E-state index contributed by atoms with van der Waals surface area (Å²) in [6.45, 7) is 0. The van der Waals surface area contributed by atoms with E-state index in [2.05, 4.69) is 25.2 Å².